The van der Waals surface area contributed by atoms with E-state index >= 15 is 0 Å². The normalized spacial score (nSPS) is 17.0. The monoisotopic (exact) mass is 343 g/mol. The zero-order valence-electron chi connectivity index (χ0n) is 12.7. The summed E-state index contributed by atoms with van der Waals surface area (Å²) in [6, 6.07) is 12.1. The maximum absolute atomic E-state index is 12.1. The van der Waals surface area contributed by atoms with Crippen molar-refractivity contribution in [2.24, 2.45) is 9.50 Å². The smallest absolute Gasteiger partial charge is 0.285 e. The number of hydrazone groups is 1. The second kappa shape index (κ2) is 5.34. The van der Waals surface area contributed by atoms with Crippen LogP contribution in [0.4, 0.5) is 0 Å². The highest BCUT2D eigenvalue weighted by atomic mass is 32.2. The van der Waals surface area contributed by atoms with Crippen molar-refractivity contribution < 1.29 is 17.9 Å². The van der Waals surface area contributed by atoms with E-state index in [0.29, 0.717) is 22.9 Å². The summed E-state index contributed by atoms with van der Waals surface area (Å²) in [5, 5.41) is 5.72. The van der Waals surface area contributed by atoms with Gasteiger partial charge in [0.25, 0.3) is 10.0 Å². The molecule has 0 saturated heterocycles. The second-order valence-corrected chi connectivity index (χ2v) is 6.84. The highest BCUT2D eigenvalue weighted by Gasteiger charge is 2.30. The quantitative estimate of drug-likeness (QED) is 0.614. The number of rotatable bonds is 2. The molecule has 122 valence electrons. The topological polar surface area (TPSA) is 80.6 Å². The Labute approximate surface area is 138 Å². The van der Waals surface area contributed by atoms with Gasteiger partial charge in [0.2, 0.25) is 6.79 Å². The average Bonchev–Trinajstić information content (AvgIpc) is 3.15. The first-order valence-corrected chi connectivity index (χ1v) is 8.60. The van der Waals surface area contributed by atoms with Gasteiger partial charge < -0.3 is 9.47 Å². The number of nitrogens with zero attached hydrogens (tertiary/aromatic N) is 3. The van der Waals surface area contributed by atoms with Gasteiger partial charge in [-0.05, 0) is 35.9 Å². The number of amidine groups is 1. The highest BCUT2D eigenvalue weighted by Crippen LogP contribution is 2.32. The van der Waals surface area contributed by atoms with Crippen LogP contribution in [-0.2, 0) is 10.0 Å². The van der Waals surface area contributed by atoms with Crippen LogP contribution in [0.1, 0.15) is 11.1 Å². The van der Waals surface area contributed by atoms with Gasteiger partial charge in [-0.25, -0.2) is 5.01 Å². The largest absolute Gasteiger partial charge is 0.454 e. The number of hydrogen-bond acceptors (Lipinski definition) is 6. The summed E-state index contributed by atoms with van der Waals surface area (Å²) in [6.45, 7) is 0.210. The molecule has 4 rings (SSSR count). The molecule has 0 spiro atoms. The summed E-state index contributed by atoms with van der Waals surface area (Å²) < 4.78 is 38.5. The minimum atomic E-state index is -3.65. The fraction of sp³-hybridized carbons (Fsp3) is 0.125. The van der Waals surface area contributed by atoms with E-state index in [-0.39, 0.29) is 11.7 Å². The van der Waals surface area contributed by atoms with Crippen molar-refractivity contribution in [3.05, 3.63) is 53.6 Å². The van der Waals surface area contributed by atoms with Crippen molar-refractivity contribution in [2.45, 2.75) is 4.90 Å². The first-order valence-electron chi connectivity index (χ1n) is 7.16. The average molecular weight is 343 g/mol. The van der Waals surface area contributed by atoms with E-state index in [4.69, 9.17) is 9.47 Å². The fourth-order valence-corrected chi connectivity index (χ4v) is 3.75. The molecule has 0 aliphatic carbocycles. The standard InChI is InChI=1S/C16H13N3O4S/c1-19(16-12-4-2-3-5-15(12)24(20,21)18-16)17-9-11-6-7-13-14(8-11)23-10-22-13/h2-9H,10H2,1H3/b17-9+. The minimum Gasteiger partial charge on any atom is -0.454 e. The van der Waals surface area contributed by atoms with Crippen LogP contribution in [0.5, 0.6) is 11.5 Å². The summed E-state index contributed by atoms with van der Waals surface area (Å²) in [6.07, 6.45) is 1.61. The van der Waals surface area contributed by atoms with Gasteiger partial charge in [-0.3, -0.25) is 0 Å². The van der Waals surface area contributed by atoms with Crippen LogP contribution in [-0.4, -0.2) is 39.3 Å². The van der Waals surface area contributed by atoms with Crippen molar-refractivity contribution >= 4 is 22.1 Å². The molecule has 0 fully saturated rings. The summed E-state index contributed by atoms with van der Waals surface area (Å²) in [5.41, 5.74) is 1.35. The molecular weight excluding hydrogens is 330 g/mol. The maximum atomic E-state index is 12.1. The molecule has 0 amide bonds. The first-order chi connectivity index (χ1) is 11.5. The van der Waals surface area contributed by atoms with E-state index in [1.54, 1.807) is 43.6 Å². The van der Waals surface area contributed by atoms with Crippen molar-refractivity contribution in [2.75, 3.05) is 13.8 Å². The van der Waals surface area contributed by atoms with Crippen LogP contribution in [0, 0.1) is 0 Å². The van der Waals surface area contributed by atoms with E-state index in [0.717, 1.165) is 5.56 Å². The van der Waals surface area contributed by atoms with Crippen LogP contribution in [0.15, 0.2) is 56.9 Å². The summed E-state index contributed by atoms with van der Waals surface area (Å²) in [5.74, 6) is 1.65. The summed E-state index contributed by atoms with van der Waals surface area (Å²) in [4.78, 5) is 0.199. The van der Waals surface area contributed by atoms with Crippen LogP contribution in [0.2, 0.25) is 0 Å². The molecule has 0 N–H and O–H groups in total. The second-order valence-electron chi connectivity index (χ2n) is 5.27. The summed E-state index contributed by atoms with van der Waals surface area (Å²) in [7, 11) is -2.00. The molecule has 2 aliphatic heterocycles. The van der Waals surface area contributed by atoms with Gasteiger partial charge in [-0.15, -0.1) is 4.40 Å². The Morgan fingerprint density at radius 3 is 2.83 bits per heavy atom. The van der Waals surface area contributed by atoms with E-state index in [9.17, 15) is 8.42 Å². The lowest BCUT2D eigenvalue weighted by atomic mass is 10.2. The molecule has 0 unspecified atom stereocenters. The Balaban J connectivity index is 1.62. The van der Waals surface area contributed by atoms with Crippen molar-refractivity contribution in [1.82, 2.24) is 5.01 Å². The van der Waals surface area contributed by atoms with Gasteiger partial charge in [0.1, 0.15) is 4.90 Å². The van der Waals surface area contributed by atoms with Crippen LogP contribution >= 0.6 is 0 Å². The molecule has 2 heterocycles. The zero-order chi connectivity index (χ0) is 16.7. The van der Waals surface area contributed by atoms with Gasteiger partial charge in [0.15, 0.2) is 17.3 Å². The van der Waals surface area contributed by atoms with Crippen LogP contribution < -0.4 is 9.47 Å². The van der Waals surface area contributed by atoms with Gasteiger partial charge in [-0.2, -0.15) is 13.5 Å². The Morgan fingerprint density at radius 1 is 1.17 bits per heavy atom. The van der Waals surface area contributed by atoms with Crippen molar-refractivity contribution in [1.29, 1.82) is 0 Å². The maximum Gasteiger partial charge on any atom is 0.285 e. The SMILES string of the molecule is CN(/N=C/c1ccc2c(c1)OCO2)C1=NS(=O)(=O)c2ccccc21. The van der Waals surface area contributed by atoms with Gasteiger partial charge in [0, 0.05) is 12.6 Å². The third kappa shape index (κ3) is 2.41. The number of ether oxygens (including phenoxy) is 2. The Bertz CT molecular complexity index is 983. The molecule has 2 aromatic rings. The van der Waals surface area contributed by atoms with Crippen molar-refractivity contribution in [3.63, 3.8) is 0 Å². The van der Waals surface area contributed by atoms with E-state index < -0.39 is 10.0 Å². The molecule has 0 aromatic heterocycles. The molecule has 2 aromatic carbocycles. The lowest BCUT2D eigenvalue weighted by Crippen LogP contribution is -2.21. The minimum absolute atomic E-state index is 0.199. The van der Waals surface area contributed by atoms with E-state index in [1.807, 2.05) is 6.07 Å². The number of sulfonamides is 1. The van der Waals surface area contributed by atoms with E-state index in [2.05, 4.69) is 9.50 Å². The van der Waals surface area contributed by atoms with Gasteiger partial charge in [0.05, 0.1) is 6.21 Å². The molecule has 0 saturated carbocycles. The van der Waals surface area contributed by atoms with E-state index in [1.165, 1.54) is 11.1 Å². The van der Waals surface area contributed by atoms with Gasteiger partial charge >= 0.3 is 0 Å². The molecular formula is C16H13N3O4S. The lowest BCUT2D eigenvalue weighted by molar-refractivity contribution is 0.174. The molecule has 0 radical (unpaired) electrons. The highest BCUT2D eigenvalue weighted by molar-refractivity contribution is 7.90. The molecule has 8 heteroatoms. The lowest BCUT2D eigenvalue weighted by Gasteiger charge is -2.12. The third-order valence-electron chi connectivity index (χ3n) is 3.70. The molecule has 24 heavy (non-hydrogen) atoms. The van der Waals surface area contributed by atoms with Crippen LogP contribution in [0.3, 0.4) is 0 Å². The molecule has 2 aliphatic rings. The molecule has 0 atom stereocenters. The number of fused-ring (bicyclic) bond motifs is 2. The number of benzene rings is 2. The Morgan fingerprint density at radius 2 is 1.96 bits per heavy atom. The zero-order valence-corrected chi connectivity index (χ0v) is 13.5. The molecule has 7 nitrogen and oxygen atoms in total. The number of hydrogen-bond donors (Lipinski definition) is 0. The Hall–Kier alpha value is -2.87. The predicted octanol–water partition coefficient (Wildman–Crippen LogP) is 1.83. The molecule has 0 bridgehead atoms. The fourth-order valence-electron chi connectivity index (χ4n) is 2.52. The summed E-state index contributed by atoms with van der Waals surface area (Å²) >= 11 is 0. The van der Waals surface area contributed by atoms with Gasteiger partial charge in [-0.1, -0.05) is 12.1 Å². The van der Waals surface area contributed by atoms with Crippen molar-refractivity contribution in [3.8, 4) is 11.5 Å². The third-order valence-corrected chi connectivity index (χ3v) is 5.02. The predicted molar refractivity (Wildman–Crippen MR) is 88.1 cm³/mol. The first kappa shape index (κ1) is 14.7. The Kier molecular flexibility index (Phi) is 3.27. The van der Waals surface area contributed by atoms with Crippen LogP contribution in [0.25, 0.3) is 0 Å².